The molecule has 0 radical (unpaired) electrons. The lowest BCUT2D eigenvalue weighted by Crippen LogP contribution is -2.09. The van der Waals surface area contributed by atoms with E-state index in [0.29, 0.717) is 16.9 Å². The van der Waals surface area contributed by atoms with Gasteiger partial charge in [-0.1, -0.05) is 23.7 Å². The van der Waals surface area contributed by atoms with Crippen molar-refractivity contribution >= 4 is 23.3 Å². The van der Waals surface area contributed by atoms with Gasteiger partial charge in [-0.05, 0) is 19.1 Å². The minimum absolute atomic E-state index is 0.0530. The van der Waals surface area contributed by atoms with Gasteiger partial charge in [-0.25, -0.2) is 9.18 Å². The van der Waals surface area contributed by atoms with Gasteiger partial charge in [0.2, 0.25) is 0 Å². The normalized spacial score (nSPS) is 10.3. The molecule has 0 atom stereocenters. The van der Waals surface area contributed by atoms with Crippen molar-refractivity contribution < 1.29 is 13.9 Å². The smallest absolute Gasteiger partial charge is 0.340 e. The Morgan fingerprint density at radius 2 is 2.25 bits per heavy atom. The molecule has 2 rings (SSSR count). The fourth-order valence-electron chi connectivity index (χ4n) is 1.64. The Bertz CT molecular complexity index is 662. The number of nitrogens with two attached hydrogens (primary N) is 1. The fourth-order valence-corrected chi connectivity index (χ4v) is 1.82. The molecule has 0 unspecified atom stereocenters. The maximum absolute atomic E-state index is 13.2. The van der Waals surface area contributed by atoms with Gasteiger partial charge in [0.05, 0.1) is 28.2 Å². The highest BCUT2D eigenvalue weighted by atomic mass is 35.5. The second kappa shape index (κ2) is 5.88. The predicted octanol–water partition coefficient (Wildman–Crippen LogP) is 3.12. The Morgan fingerprint density at radius 3 is 3.00 bits per heavy atom. The molecule has 0 spiro atoms. The van der Waals surface area contributed by atoms with E-state index < -0.39 is 11.8 Å². The molecule has 1 aromatic carbocycles. The van der Waals surface area contributed by atoms with Crippen LogP contribution >= 0.6 is 11.6 Å². The number of halogens is 2. The van der Waals surface area contributed by atoms with Crippen LogP contribution in [-0.2, 0) is 11.3 Å². The van der Waals surface area contributed by atoms with Gasteiger partial charge in [-0.15, -0.1) is 0 Å². The Morgan fingerprint density at radius 1 is 1.50 bits per heavy atom. The van der Waals surface area contributed by atoms with Crippen LogP contribution in [0, 0.1) is 12.7 Å². The van der Waals surface area contributed by atoms with Crippen LogP contribution in [-0.4, -0.2) is 11.0 Å². The molecular weight excluding hydrogens is 283 g/mol. The number of aromatic nitrogens is 1. The molecule has 0 bridgehead atoms. The highest BCUT2D eigenvalue weighted by Gasteiger charge is 2.14. The van der Waals surface area contributed by atoms with Crippen molar-refractivity contribution in [2.45, 2.75) is 13.5 Å². The third kappa shape index (κ3) is 3.05. The summed E-state index contributed by atoms with van der Waals surface area (Å²) in [6.45, 7) is 1.55. The standard InChI is InChI=1S/C14H12ClFN2O2/c1-8-11(5-10(17)6-18-8)14(19)20-7-9-3-2-4-12(16)13(9)15/h2-6H,7,17H2,1H3. The number of hydrogen-bond donors (Lipinski definition) is 1. The number of anilines is 1. The maximum atomic E-state index is 13.2. The minimum atomic E-state index is -0.581. The van der Waals surface area contributed by atoms with Gasteiger partial charge in [0.15, 0.2) is 0 Å². The number of aryl methyl sites for hydroxylation is 1. The summed E-state index contributed by atoms with van der Waals surface area (Å²) in [5.74, 6) is -1.13. The lowest BCUT2D eigenvalue weighted by molar-refractivity contribution is 0.0471. The first kappa shape index (κ1) is 14.3. The van der Waals surface area contributed by atoms with Crippen LogP contribution in [0.15, 0.2) is 30.5 Å². The molecule has 4 nitrogen and oxygen atoms in total. The Hall–Kier alpha value is -2.14. The van der Waals surface area contributed by atoms with Crippen molar-refractivity contribution in [3.63, 3.8) is 0 Å². The molecule has 0 amide bonds. The van der Waals surface area contributed by atoms with E-state index in [1.165, 1.54) is 24.4 Å². The van der Waals surface area contributed by atoms with Gasteiger partial charge in [0, 0.05) is 5.56 Å². The molecule has 1 heterocycles. The zero-order chi connectivity index (χ0) is 14.7. The summed E-state index contributed by atoms with van der Waals surface area (Å²) in [5, 5.41) is -0.0530. The summed E-state index contributed by atoms with van der Waals surface area (Å²) in [4.78, 5) is 15.9. The Kier molecular flexibility index (Phi) is 4.20. The number of nitrogens with zero attached hydrogens (tertiary/aromatic N) is 1. The van der Waals surface area contributed by atoms with Crippen LogP contribution in [0.2, 0.25) is 5.02 Å². The number of ether oxygens (including phenoxy) is 1. The second-order valence-electron chi connectivity index (χ2n) is 4.19. The number of hydrogen-bond acceptors (Lipinski definition) is 4. The van der Waals surface area contributed by atoms with Gasteiger partial charge >= 0.3 is 5.97 Å². The first-order valence-corrected chi connectivity index (χ1v) is 6.19. The van der Waals surface area contributed by atoms with Crippen molar-refractivity contribution in [1.82, 2.24) is 4.98 Å². The van der Waals surface area contributed by atoms with Crippen LogP contribution in [0.4, 0.5) is 10.1 Å². The molecule has 2 aromatic rings. The minimum Gasteiger partial charge on any atom is -0.457 e. The Balaban J connectivity index is 2.13. The maximum Gasteiger partial charge on any atom is 0.340 e. The summed E-state index contributed by atoms with van der Waals surface area (Å²) < 4.78 is 18.3. The van der Waals surface area contributed by atoms with Crippen LogP contribution in [0.5, 0.6) is 0 Å². The van der Waals surface area contributed by atoms with Crippen molar-refractivity contribution in [3.8, 4) is 0 Å². The molecule has 0 fully saturated rings. The molecule has 0 aliphatic rings. The van der Waals surface area contributed by atoms with E-state index >= 15 is 0 Å². The van der Waals surface area contributed by atoms with E-state index in [2.05, 4.69) is 4.98 Å². The van der Waals surface area contributed by atoms with Gasteiger partial charge in [-0.2, -0.15) is 0 Å². The van der Waals surface area contributed by atoms with Crippen LogP contribution in [0.1, 0.15) is 21.6 Å². The SMILES string of the molecule is Cc1ncc(N)cc1C(=O)OCc1cccc(F)c1Cl. The number of rotatable bonds is 3. The molecule has 0 aliphatic heterocycles. The molecular formula is C14H12ClFN2O2. The van der Waals surface area contributed by atoms with Gasteiger partial charge in [-0.3, -0.25) is 4.98 Å². The predicted molar refractivity (Wildman–Crippen MR) is 73.9 cm³/mol. The zero-order valence-electron chi connectivity index (χ0n) is 10.7. The van der Waals surface area contributed by atoms with Gasteiger partial charge < -0.3 is 10.5 Å². The lowest BCUT2D eigenvalue weighted by Gasteiger charge is -2.08. The highest BCUT2D eigenvalue weighted by Crippen LogP contribution is 2.21. The largest absolute Gasteiger partial charge is 0.457 e. The van der Waals surface area contributed by atoms with Crippen molar-refractivity contribution in [1.29, 1.82) is 0 Å². The lowest BCUT2D eigenvalue weighted by atomic mass is 10.2. The van der Waals surface area contributed by atoms with Crippen molar-refractivity contribution in [2.24, 2.45) is 0 Å². The average Bonchev–Trinajstić information content (AvgIpc) is 2.43. The van der Waals surface area contributed by atoms with Crippen LogP contribution < -0.4 is 5.73 Å². The van der Waals surface area contributed by atoms with Gasteiger partial charge in [0.25, 0.3) is 0 Å². The molecule has 20 heavy (non-hydrogen) atoms. The molecule has 6 heteroatoms. The van der Waals surface area contributed by atoms with Crippen LogP contribution in [0.3, 0.4) is 0 Å². The fraction of sp³-hybridized carbons (Fsp3) is 0.143. The average molecular weight is 295 g/mol. The van der Waals surface area contributed by atoms with Crippen LogP contribution in [0.25, 0.3) is 0 Å². The summed E-state index contributed by atoms with van der Waals surface area (Å²) >= 11 is 5.78. The van der Waals surface area contributed by atoms with Gasteiger partial charge in [0.1, 0.15) is 12.4 Å². The van der Waals surface area contributed by atoms with E-state index in [0.717, 1.165) is 0 Å². The molecule has 0 saturated heterocycles. The molecule has 104 valence electrons. The summed E-state index contributed by atoms with van der Waals surface area (Å²) in [6.07, 6.45) is 1.45. The first-order chi connectivity index (χ1) is 9.49. The molecule has 0 aliphatic carbocycles. The third-order valence-electron chi connectivity index (χ3n) is 2.72. The first-order valence-electron chi connectivity index (χ1n) is 5.81. The van der Waals surface area contributed by atoms with E-state index in [9.17, 15) is 9.18 Å². The monoisotopic (exact) mass is 294 g/mol. The number of benzene rings is 1. The Labute approximate surface area is 120 Å². The summed E-state index contributed by atoms with van der Waals surface area (Å²) in [7, 11) is 0. The topological polar surface area (TPSA) is 65.2 Å². The number of carbonyl (C=O) groups is 1. The highest BCUT2D eigenvalue weighted by molar-refractivity contribution is 6.31. The number of esters is 1. The molecule has 0 saturated carbocycles. The quantitative estimate of drug-likeness (QED) is 0.883. The summed E-state index contributed by atoms with van der Waals surface area (Å²) in [6, 6.07) is 5.80. The molecule has 2 N–H and O–H groups in total. The van der Waals surface area contributed by atoms with E-state index in [1.54, 1.807) is 13.0 Å². The number of nitrogen functional groups attached to an aromatic ring is 1. The van der Waals surface area contributed by atoms with Crippen molar-refractivity contribution in [2.75, 3.05) is 5.73 Å². The third-order valence-corrected chi connectivity index (χ3v) is 3.14. The zero-order valence-corrected chi connectivity index (χ0v) is 11.4. The van der Waals surface area contributed by atoms with E-state index in [-0.39, 0.29) is 17.2 Å². The number of carbonyl (C=O) groups excluding carboxylic acids is 1. The summed E-state index contributed by atoms with van der Waals surface area (Å²) in [5.41, 5.74) is 7.12. The van der Waals surface area contributed by atoms with E-state index in [4.69, 9.17) is 22.1 Å². The second-order valence-corrected chi connectivity index (χ2v) is 4.57. The van der Waals surface area contributed by atoms with E-state index in [1.807, 2.05) is 0 Å². The van der Waals surface area contributed by atoms with Crippen molar-refractivity contribution in [3.05, 3.63) is 58.1 Å². The molecule has 1 aromatic heterocycles. The number of pyridine rings is 1.